The van der Waals surface area contributed by atoms with Gasteiger partial charge in [-0.2, -0.15) is 4.39 Å². The molecule has 1 saturated heterocycles. The molecule has 1 aliphatic rings. The molecule has 1 amide bonds. The van der Waals surface area contributed by atoms with Crippen molar-refractivity contribution < 1.29 is 28.4 Å². The second-order valence-electron chi connectivity index (χ2n) is 4.54. The van der Waals surface area contributed by atoms with Crippen LogP contribution < -0.4 is 0 Å². The van der Waals surface area contributed by atoms with E-state index in [0.717, 1.165) is 4.90 Å². The first-order chi connectivity index (χ1) is 9.82. The van der Waals surface area contributed by atoms with Gasteiger partial charge in [0.25, 0.3) is 5.91 Å². The van der Waals surface area contributed by atoms with Crippen molar-refractivity contribution in [1.82, 2.24) is 4.90 Å². The van der Waals surface area contributed by atoms with Crippen molar-refractivity contribution in [1.29, 1.82) is 0 Å². The summed E-state index contributed by atoms with van der Waals surface area (Å²) < 4.78 is 27.2. The SMILES string of the molecule is O=C(O)C1CCCN1C(=O)c1cc(F)c([N+](=O)[O-])cc1F. The van der Waals surface area contributed by atoms with Gasteiger partial charge >= 0.3 is 11.7 Å². The van der Waals surface area contributed by atoms with Crippen molar-refractivity contribution in [2.75, 3.05) is 6.54 Å². The highest BCUT2D eigenvalue weighted by atomic mass is 19.1. The van der Waals surface area contributed by atoms with Gasteiger partial charge in [-0.3, -0.25) is 14.9 Å². The van der Waals surface area contributed by atoms with Crippen LogP contribution in [0.2, 0.25) is 0 Å². The van der Waals surface area contributed by atoms with Crippen molar-refractivity contribution in [3.63, 3.8) is 0 Å². The summed E-state index contributed by atoms with van der Waals surface area (Å²) in [6, 6.07) is -0.364. The van der Waals surface area contributed by atoms with E-state index in [9.17, 15) is 28.5 Å². The van der Waals surface area contributed by atoms with Gasteiger partial charge < -0.3 is 10.0 Å². The van der Waals surface area contributed by atoms with Crippen LogP contribution in [-0.4, -0.2) is 39.4 Å². The third-order valence-electron chi connectivity index (χ3n) is 3.26. The van der Waals surface area contributed by atoms with Crippen molar-refractivity contribution in [3.05, 3.63) is 39.4 Å². The summed E-state index contributed by atoms with van der Waals surface area (Å²) in [5.41, 5.74) is -1.80. The number of aliphatic carboxylic acids is 1. The number of carbonyl (C=O) groups is 2. The maximum absolute atomic E-state index is 13.8. The highest BCUT2D eigenvalue weighted by Crippen LogP contribution is 2.25. The summed E-state index contributed by atoms with van der Waals surface area (Å²) in [6.45, 7) is 0.105. The van der Waals surface area contributed by atoms with E-state index in [1.807, 2.05) is 0 Å². The van der Waals surface area contributed by atoms with Crippen molar-refractivity contribution in [2.24, 2.45) is 0 Å². The zero-order chi connectivity index (χ0) is 15.7. The lowest BCUT2D eigenvalue weighted by molar-refractivity contribution is -0.387. The van der Waals surface area contributed by atoms with Gasteiger partial charge in [-0.05, 0) is 18.9 Å². The van der Waals surface area contributed by atoms with Crippen LogP contribution in [0, 0.1) is 21.7 Å². The Labute approximate surface area is 116 Å². The number of nitrogens with zero attached hydrogens (tertiary/aromatic N) is 2. The Morgan fingerprint density at radius 3 is 2.57 bits per heavy atom. The zero-order valence-electron chi connectivity index (χ0n) is 10.6. The standard InChI is InChI=1S/C12H10F2N2O5/c13-7-5-10(16(20)21)8(14)4-6(7)11(17)15-3-1-2-9(15)12(18)19/h4-5,9H,1-3H2,(H,18,19). The molecule has 0 aliphatic carbocycles. The number of nitro benzene ring substituents is 1. The molecule has 9 heteroatoms. The molecule has 0 radical (unpaired) electrons. The van der Waals surface area contributed by atoms with Gasteiger partial charge in [0.2, 0.25) is 5.82 Å². The summed E-state index contributed by atoms with van der Waals surface area (Å²) in [4.78, 5) is 33.4. The average Bonchev–Trinajstić information content (AvgIpc) is 2.89. The molecule has 2 rings (SSSR count). The molecule has 1 fully saturated rings. The van der Waals surface area contributed by atoms with Crippen LogP contribution in [0.3, 0.4) is 0 Å². The first-order valence-electron chi connectivity index (χ1n) is 6.00. The molecule has 1 atom stereocenters. The van der Waals surface area contributed by atoms with Crippen LogP contribution in [0.4, 0.5) is 14.5 Å². The molecule has 1 heterocycles. The Morgan fingerprint density at radius 1 is 1.33 bits per heavy atom. The number of carbonyl (C=O) groups excluding carboxylic acids is 1. The van der Waals surface area contributed by atoms with Gasteiger partial charge in [-0.25, -0.2) is 9.18 Å². The Morgan fingerprint density at radius 2 is 2.00 bits per heavy atom. The van der Waals surface area contributed by atoms with Gasteiger partial charge in [-0.1, -0.05) is 0 Å². The molecule has 21 heavy (non-hydrogen) atoms. The molecular weight excluding hydrogens is 290 g/mol. The fraction of sp³-hybridized carbons (Fsp3) is 0.333. The fourth-order valence-corrected chi connectivity index (χ4v) is 2.26. The van der Waals surface area contributed by atoms with Crippen LogP contribution in [0.15, 0.2) is 12.1 Å². The Kier molecular flexibility index (Phi) is 3.83. The first kappa shape index (κ1) is 14.8. The molecule has 1 aromatic carbocycles. The average molecular weight is 300 g/mol. The highest BCUT2D eigenvalue weighted by Gasteiger charge is 2.36. The number of carboxylic acid groups (broad SMARTS) is 1. The van der Waals surface area contributed by atoms with Gasteiger partial charge in [-0.15, -0.1) is 0 Å². The van der Waals surface area contributed by atoms with Crippen LogP contribution >= 0.6 is 0 Å². The third kappa shape index (κ3) is 2.67. The lowest BCUT2D eigenvalue weighted by Crippen LogP contribution is -2.40. The van der Waals surface area contributed by atoms with E-state index >= 15 is 0 Å². The summed E-state index contributed by atoms with van der Waals surface area (Å²) in [5.74, 6) is -4.84. The van der Waals surface area contributed by atoms with Gasteiger partial charge in [0.1, 0.15) is 11.9 Å². The number of rotatable bonds is 3. The molecule has 1 N–H and O–H groups in total. The number of hydrogen-bond donors (Lipinski definition) is 1. The van der Waals surface area contributed by atoms with Gasteiger partial charge in [0, 0.05) is 6.54 Å². The molecular formula is C12H10F2N2O5. The Hall–Kier alpha value is -2.58. The van der Waals surface area contributed by atoms with Gasteiger partial charge in [0.05, 0.1) is 16.6 Å². The van der Waals surface area contributed by atoms with Crippen molar-refractivity contribution >= 4 is 17.6 Å². The summed E-state index contributed by atoms with van der Waals surface area (Å²) >= 11 is 0. The fourth-order valence-electron chi connectivity index (χ4n) is 2.26. The van der Waals surface area contributed by atoms with Crippen LogP contribution in [0.1, 0.15) is 23.2 Å². The van der Waals surface area contributed by atoms with Gasteiger partial charge in [0.15, 0.2) is 0 Å². The molecule has 7 nitrogen and oxygen atoms in total. The van der Waals surface area contributed by atoms with E-state index in [4.69, 9.17) is 5.11 Å². The lowest BCUT2D eigenvalue weighted by atomic mass is 10.1. The molecule has 0 bridgehead atoms. The second kappa shape index (κ2) is 5.43. The monoisotopic (exact) mass is 300 g/mol. The zero-order valence-corrected chi connectivity index (χ0v) is 10.6. The molecule has 1 unspecified atom stereocenters. The van der Waals surface area contributed by atoms with Crippen LogP contribution in [0.5, 0.6) is 0 Å². The van der Waals surface area contributed by atoms with E-state index < -0.39 is 45.7 Å². The number of benzene rings is 1. The minimum Gasteiger partial charge on any atom is -0.480 e. The van der Waals surface area contributed by atoms with E-state index in [2.05, 4.69) is 0 Å². The van der Waals surface area contributed by atoms with Crippen LogP contribution in [0.25, 0.3) is 0 Å². The van der Waals surface area contributed by atoms with E-state index in [1.165, 1.54) is 0 Å². The summed E-state index contributed by atoms with van der Waals surface area (Å²) in [7, 11) is 0. The number of carboxylic acids is 1. The molecule has 112 valence electrons. The maximum atomic E-state index is 13.8. The van der Waals surface area contributed by atoms with Crippen molar-refractivity contribution in [3.8, 4) is 0 Å². The van der Waals surface area contributed by atoms with E-state index in [-0.39, 0.29) is 13.0 Å². The first-order valence-corrected chi connectivity index (χ1v) is 6.00. The minimum absolute atomic E-state index is 0.105. The number of hydrogen-bond acceptors (Lipinski definition) is 4. The summed E-state index contributed by atoms with van der Waals surface area (Å²) in [6.07, 6.45) is 0.651. The maximum Gasteiger partial charge on any atom is 0.326 e. The number of nitro groups is 1. The topological polar surface area (TPSA) is 101 Å². The normalized spacial score (nSPS) is 17.8. The lowest BCUT2D eigenvalue weighted by Gasteiger charge is -2.21. The molecule has 1 aromatic rings. The smallest absolute Gasteiger partial charge is 0.326 e. The predicted octanol–water partition coefficient (Wildman–Crippen LogP) is 1.56. The number of likely N-dealkylation sites (tertiary alicyclic amines) is 1. The minimum atomic E-state index is -1.35. The van der Waals surface area contributed by atoms with Crippen LogP contribution in [-0.2, 0) is 4.79 Å². The van der Waals surface area contributed by atoms with E-state index in [0.29, 0.717) is 18.6 Å². The third-order valence-corrected chi connectivity index (χ3v) is 3.26. The molecule has 0 saturated carbocycles. The number of amides is 1. The molecule has 1 aliphatic heterocycles. The highest BCUT2D eigenvalue weighted by molar-refractivity contribution is 5.97. The predicted molar refractivity (Wildman–Crippen MR) is 64.7 cm³/mol. The second-order valence-corrected chi connectivity index (χ2v) is 4.54. The Balaban J connectivity index is 2.38. The quantitative estimate of drug-likeness (QED) is 0.674. The summed E-state index contributed by atoms with van der Waals surface area (Å²) in [5, 5.41) is 19.4. The molecule has 0 aromatic heterocycles. The van der Waals surface area contributed by atoms with Crippen molar-refractivity contribution in [2.45, 2.75) is 18.9 Å². The largest absolute Gasteiger partial charge is 0.480 e. The molecule has 0 spiro atoms. The number of halogens is 2. The Bertz CT molecular complexity index is 634. The van der Waals surface area contributed by atoms with E-state index in [1.54, 1.807) is 0 Å².